The zero-order valence-electron chi connectivity index (χ0n) is 29.1. The van der Waals surface area contributed by atoms with Crippen LogP contribution < -0.4 is 109 Å². The average Bonchev–Trinajstić information content (AvgIpc) is 3.34. The Kier molecular flexibility index (Phi) is 18.7. The SMILES string of the molecule is CC1(C)C(/C=C/C=C/C=C/C=C2/N(CCC(=O)[O-])c3ccc(S(=O)(=O)[O-])cc3C2(C)C)=[N+](CCC(=O)[O-])c2ccc(SOO[O-])cc21.[Na+].[Na+].[Na+]. The van der Waals surface area contributed by atoms with Crippen LogP contribution in [0.5, 0.6) is 0 Å². The van der Waals surface area contributed by atoms with Gasteiger partial charge in [-0.2, -0.15) is 8.91 Å². The average molecular weight is 751 g/mol. The third kappa shape index (κ3) is 11.0. The van der Waals surface area contributed by atoms with Crippen LogP contribution in [0.15, 0.2) is 94.4 Å². The van der Waals surface area contributed by atoms with Gasteiger partial charge in [0.25, 0.3) is 0 Å². The van der Waals surface area contributed by atoms with Gasteiger partial charge in [0.2, 0.25) is 5.69 Å². The molecule has 0 aromatic heterocycles. The monoisotopic (exact) mass is 750 g/mol. The number of carboxylic acid groups (broad SMARTS) is 2. The van der Waals surface area contributed by atoms with E-state index in [2.05, 4.69) is 9.37 Å². The predicted molar refractivity (Wildman–Crippen MR) is 167 cm³/mol. The van der Waals surface area contributed by atoms with E-state index in [1.54, 1.807) is 41.3 Å². The van der Waals surface area contributed by atoms with Crippen LogP contribution in [0.1, 0.15) is 51.7 Å². The number of rotatable bonds is 14. The van der Waals surface area contributed by atoms with Gasteiger partial charge in [-0.3, -0.25) is 5.04 Å². The normalized spacial score (nSPS) is 16.8. The van der Waals surface area contributed by atoms with Crippen LogP contribution in [0.25, 0.3) is 0 Å². The second-order valence-corrected chi connectivity index (χ2v) is 14.0. The summed E-state index contributed by atoms with van der Waals surface area (Å²) >= 11 is 0.771. The molecule has 0 atom stereocenters. The van der Waals surface area contributed by atoms with E-state index < -0.39 is 32.9 Å². The van der Waals surface area contributed by atoms with Gasteiger partial charge in [-0.15, -0.1) is 0 Å². The van der Waals surface area contributed by atoms with E-state index in [4.69, 9.17) is 0 Å². The Balaban J connectivity index is 0.00000417. The fraction of sp³-hybridized carbons (Fsp3) is 0.303. The van der Waals surface area contributed by atoms with Gasteiger partial charge in [0.1, 0.15) is 10.1 Å². The third-order valence-corrected chi connectivity index (χ3v) is 9.61. The first-order valence-corrected chi connectivity index (χ1v) is 16.7. The van der Waals surface area contributed by atoms with Gasteiger partial charge in [-0.05, 0) is 55.8 Å². The fourth-order valence-corrected chi connectivity index (χ4v) is 6.84. The molecule has 0 saturated heterocycles. The van der Waals surface area contributed by atoms with Gasteiger partial charge in [-0.1, -0.05) is 44.2 Å². The summed E-state index contributed by atoms with van der Waals surface area (Å²) in [5.41, 5.74) is 3.23. The third-order valence-electron chi connectivity index (χ3n) is 8.21. The number of benzene rings is 2. The van der Waals surface area contributed by atoms with Crippen molar-refractivity contribution in [2.75, 3.05) is 18.0 Å². The summed E-state index contributed by atoms with van der Waals surface area (Å²) in [6.45, 7) is 8.01. The molecule has 2 aromatic carbocycles. The molecule has 2 aromatic rings. The number of carbonyl (C=O) groups is 2. The Hall–Kier alpha value is -1.05. The van der Waals surface area contributed by atoms with E-state index in [-0.39, 0.29) is 119 Å². The molecule has 2 aliphatic heterocycles. The maximum atomic E-state index is 11.7. The molecule has 50 heavy (non-hydrogen) atoms. The number of allylic oxidation sites excluding steroid dienone is 8. The Labute approximate surface area is 362 Å². The number of anilines is 1. The van der Waals surface area contributed by atoms with Gasteiger partial charge in [0.15, 0.2) is 12.3 Å². The van der Waals surface area contributed by atoms with Crippen LogP contribution in [-0.2, 0) is 39.9 Å². The van der Waals surface area contributed by atoms with Crippen LogP contribution in [0, 0.1) is 0 Å². The molecule has 2 aliphatic rings. The molecular weight excluding hydrogens is 717 g/mol. The minimum atomic E-state index is -4.69. The number of nitrogens with zero attached hydrogens (tertiary/aromatic N) is 2. The first-order valence-electron chi connectivity index (χ1n) is 14.5. The summed E-state index contributed by atoms with van der Waals surface area (Å²) in [5, 5.41) is 36.3. The Morgan fingerprint density at radius 3 is 2.14 bits per heavy atom. The molecule has 17 heteroatoms. The molecule has 0 radical (unpaired) electrons. The standard InChI is InChI=1S/C33H36N2O10S2.3Na/c1-32(2)24-20-22(46-45-44-40)12-14-26(24)34(18-16-30(36)37)28(32)10-8-6-5-7-9-11-29-33(3,4)25-21-23(47(41,42)43)13-15-27(25)35(29)19-17-31(38)39;;;/h5-15,20-21H,16-19H2,1-4H3,(H3-,36,37,38,39,40,41,42,43);;;/q;3*+1/p-3. The summed E-state index contributed by atoms with van der Waals surface area (Å²) in [4.78, 5) is 24.6. The predicted octanol–water partition coefficient (Wildman–Crippen LogP) is -7.16. The van der Waals surface area contributed by atoms with Crippen LogP contribution in [0.3, 0.4) is 0 Å². The Morgan fingerprint density at radius 1 is 0.880 bits per heavy atom. The van der Waals surface area contributed by atoms with E-state index in [1.165, 1.54) is 18.2 Å². The number of carboxylic acids is 2. The summed E-state index contributed by atoms with van der Waals surface area (Å²) < 4.78 is 41.4. The molecule has 2 heterocycles. The molecule has 0 bridgehead atoms. The largest absolute Gasteiger partial charge is 1.00 e. The van der Waals surface area contributed by atoms with Crippen molar-refractivity contribution in [1.82, 2.24) is 0 Å². The second-order valence-electron chi connectivity index (χ2n) is 11.9. The number of fused-ring (bicyclic) bond motifs is 2. The van der Waals surface area contributed by atoms with Crippen LogP contribution in [0.2, 0.25) is 0 Å². The van der Waals surface area contributed by atoms with Gasteiger partial charge < -0.3 is 34.5 Å². The van der Waals surface area contributed by atoms with Crippen molar-refractivity contribution in [3.05, 3.63) is 95.8 Å². The summed E-state index contributed by atoms with van der Waals surface area (Å²) in [6, 6.07) is 9.49. The first kappa shape index (κ1) is 47.0. The maximum absolute atomic E-state index is 11.7. The van der Waals surface area contributed by atoms with Crippen LogP contribution >= 0.6 is 12.0 Å². The molecule has 0 unspecified atom stereocenters. The minimum absolute atomic E-state index is 0. The van der Waals surface area contributed by atoms with Gasteiger partial charge >= 0.3 is 88.7 Å². The van der Waals surface area contributed by atoms with Gasteiger partial charge in [0.05, 0.1) is 22.4 Å². The molecule has 0 N–H and O–H groups in total. The zero-order valence-corrected chi connectivity index (χ0v) is 36.8. The Morgan fingerprint density at radius 2 is 1.52 bits per heavy atom. The minimum Gasteiger partial charge on any atom is -0.744 e. The number of hydrogen-bond donors (Lipinski definition) is 0. The summed E-state index contributed by atoms with van der Waals surface area (Å²) in [5.74, 6) is -2.40. The molecule has 12 nitrogen and oxygen atoms in total. The zero-order chi connectivity index (χ0) is 34.6. The van der Waals surface area contributed by atoms with Gasteiger partial charge in [-0.25, -0.2) is 8.42 Å². The van der Waals surface area contributed by atoms with Crippen molar-refractivity contribution in [3.8, 4) is 0 Å². The second kappa shape index (κ2) is 19.9. The molecule has 250 valence electrons. The number of carbonyl (C=O) groups excluding carboxylic acids is 2. The van der Waals surface area contributed by atoms with Crippen molar-refractivity contribution in [3.63, 3.8) is 0 Å². The van der Waals surface area contributed by atoms with E-state index in [1.807, 2.05) is 56.6 Å². The van der Waals surface area contributed by atoms with Crippen molar-refractivity contribution in [1.29, 1.82) is 0 Å². The van der Waals surface area contributed by atoms with Crippen LogP contribution in [-0.4, -0.2) is 48.3 Å². The van der Waals surface area contributed by atoms with E-state index >= 15 is 0 Å². The van der Waals surface area contributed by atoms with Crippen molar-refractivity contribution in [2.24, 2.45) is 0 Å². The van der Waals surface area contributed by atoms with Crippen molar-refractivity contribution in [2.45, 2.75) is 61.2 Å². The first-order chi connectivity index (χ1) is 22.1. The molecule has 0 amide bonds. The van der Waals surface area contributed by atoms with Crippen molar-refractivity contribution >= 4 is 51.2 Å². The smallest absolute Gasteiger partial charge is 0.744 e. The molecule has 0 fully saturated rings. The number of aliphatic carboxylic acids is 2. The van der Waals surface area contributed by atoms with Crippen LogP contribution in [0.4, 0.5) is 11.4 Å². The molecule has 0 aliphatic carbocycles. The van der Waals surface area contributed by atoms with E-state index in [9.17, 15) is 38.0 Å². The van der Waals surface area contributed by atoms with Gasteiger partial charge in [0, 0.05) is 70.7 Å². The van der Waals surface area contributed by atoms with E-state index in [0.29, 0.717) is 21.8 Å². The van der Waals surface area contributed by atoms with E-state index in [0.717, 1.165) is 29.0 Å². The molecule has 4 rings (SSSR count). The number of hydrogen-bond acceptors (Lipinski definition) is 12. The topological polar surface area (TPSA) is 185 Å². The van der Waals surface area contributed by atoms with Crippen molar-refractivity contribution < 1.29 is 141 Å². The molecule has 0 spiro atoms. The summed E-state index contributed by atoms with van der Waals surface area (Å²) in [6.07, 6.45) is 12.2. The molecule has 0 saturated carbocycles. The maximum Gasteiger partial charge on any atom is 1.00 e. The quantitative estimate of drug-likeness (QED) is 0.0339. The Bertz CT molecular complexity index is 1840. The fourth-order valence-electron chi connectivity index (χ4n) is 5.94. The molecular formula is C33H33N2Na3O10S2. The summed E-state index contributed by atoms with van der Waals surface area (Å²) in [7, 11) is -4.69.